The van der Waals surface area contributed by atoms with Crippen molar-refractivity contribution in [1.29, 1.82) is 0 Å². The van der Waals surface area contributed by atoms with E-state index in [1.54, 1.807) is 35.9 Å². The maximum atomic E-state index is 13.9. The molecule has 0 radical (unpaired) electrons. The third-order valence-electron chi connectivity index (χ3n) is 5.95. The lowest BCUT2D eigenvalue weighted by atomic mass is 9.89. The zero-order valence-corrected chi connectivity index (χ0v) is 16.7. The van der Waals surface area contributed by atoms with E-state index in [-0.39, 0.29) is 35.6 Å². The van der Waals surface area contributed by atoms with Crippen LogP contribution in [0.1, 0.15) is 18.0 Å². The summed E-state index contributed by atoms with van der Waals surface area (Å²) in [6.45, 7) is 2.34. The number of likely N-dealkylation sites (tertiary alicyclic amines) is 2. The van der Waals surface area contributed by atoms with Gasteiger partial charge in [0.2, 0.25) is 5.91 Å². The Labute approximate surface area is 169 Å². The summed E-state index contributed by atoms with van der Waals surface area (Å²) in [5, 5.41) is 4.14. The van der Waals surface area contributed by atoms with Crippen molar-refractivity contribution in [2.45, 2.75) is 19.0 Å². The molecule has 29 heavy (non-hydrogen) atoms. The van der Waals surface area contributed by atoms with Crippen LogP contribution in [0.3, 0.4) is 0 Å². The number of amides is 3. The smallest absolute Gasteiger partial charge is 0.320 e. The van der Waals surface area contributed by atoms with Crippen LogP contribution >= 0.6 is 0 Å². The number of fused-ring (bicyclic) bond motifs is 1. The molecule has 0 bridgehead atoms. The number of halogens is 1. The van der Waals surface area contributed by atoms with Crippen LogP contribution in [0, 0.1) is 17.7 Å². The van der Waals surface area contributed by atoms with Gasteiger partial charge in [-0.15, -0.1) is 0 Å². The molecule has 4 rings (SSSR count). The molecule has 0 unspecified atom stereocenters. The Morgan fingerprint density at radius 3 is 2.72 bits per heavy atom. The molecule has 2 aliphatic rings. The Kier molecular flexibility index (Phi) is 5.25. The number of nitrogens with zero attached hydrogens (tertiary/aromatic N) is 5. The maximum Gasteiger partial charge on any atom is 0.320 e. The van der Waals surface area contributed by atoms with Crippen molar-refractivity contribution in [1.82, 2.24) is 24.5 Å². The fourth-order valence-corrected chi connectivity index (χ4v) is 4.62. The Bertz CT molecular complexity index is 885. The molecule has 3 atom stereocenters. The normalized spacial score (nSPS) is 23.3. The van der Waals surface area contributed by atoms with Gasteiger partial charge in [0, 0.05) is 70.9 Å². The first-order chi connectivity index (χ1) is 13.9. The average molecular weight is 399 g/mol. The van der Waals surface area contributed by atoms with Gasteiger partial charge in [0.05, 0.1) is 6.04 Å². The van der Waals surface area contributed by atoms with Crippen molar-refractivity contribution < 1.29 is 14.0 Å². The first-order valence-corrected chi connectivity index (χ1v) is 9.92. The molecule has 3 heterocycles. The van der Waals surface area contributed by atoms with E-state index in [2.05, 4.69) is 5.10 Å². The van der Waals surface area contributed by atoms with Crippen LogP contribution in [0.4, 0.5) is 9.18 Å². The number of carbonyl (C=O) groups is 2. The second kappa shape index (κ2) is 7.85. The molecule has 0 spiro atoms. The third kappa shape index (κ3) is 3.83. The SMILES string of the molecule is CN(C)C(=O)N1C[C@H]2CN(C(=O)CCn3cccn3)C[C@H]2[C@H]1c1cccc(F)c1. The minimum atomic E-state index is -0.312. The monoisotopic (exact) mass is 399 g/mol. The van der Waals surface area contributed by atoms with Gasteiger partial charge in [-0.1, -0.05) is 12.1 Å². The average Bonchev–Trinajstić information content (AvgIpc) is 3.41. The van der Waals surface area contributed by atoms with Crippen LogP contribution in [-0.4, -0.2) is 70.1 Å². The van der Waals surface area contributed by atoms with Crippen molar-refractivity contribution >= 4 is 11.9 Å². The van der Waals surface area contributed by atoms with E-state index in [9.17, 15) is 14.0 Å². The van der Waals surface area contributed by atoms with E-state index in [0.29, 0.717) is 32.6 Å². The highest BCUT2D eigenvalue weighted by Gasteiger charge is 2.50. The molecule has 1 aromatic carbocycles. The Morgan fingerprint density at radius 1 is 1.21 bits per heavy atom. The largest absolute Gasteiger partial charge is 0.342 e. The summed E-state index contributed by atoms with van der Waals surface area (Å²) in [5.74, 6) is 0.0851. The van der Waals surface area contributed by atoms with Crippen LogP contribution in [0.5, 0.6) is 0 Å². The fourth-order valence-electron chi connectivity index (χ4n) is 4.62. The van der Waals surface area contributed by atoms with Crippen LogP contribution in [-0.2, 0) is 11.3 Å². The number of aryl methyl sites for hydroxylation is 1. The molecule has 2 aliphatic heterocycles. The van der Waals surface area contributed by atoms with Gasteiger partial charge in [-0.05, 0) is 23.8 Å². The highest BCUT2D eigenvalue weighted by molar-refractivity contribution is 5.77. The van der Waals surface area contributed by atoms with Gasteiger partial charge in [-0.3, -0.25) is 9.48 Å². The molecule has 2 fully saturated rings. The van der Waals surface area contributed by atoms with Crippen molar-refractivity contribution in [2.75, 3.05) is 33.7 Å². The predicted molar refractivity (Wildman–Crippen MR) is 105 cm³/mol. The van der Waals surface area contributed by atoms with Crippen molar-refractivity contribution in [2.24, 2.45) is 11.8 Å². The quantitative estimate of drug-likeness (QED) is 0.792. The van der Waals surface area contributed by atoms with Gasteiger partial charge in [0.25, 0.3) is 0 Å². The Morgan fingerprint density at radius 2 is 2.03 bits per heavy atom. The summed E-state index contributed by atoms with van der Waals surface area (Å²) in [7, 11) is 3.45. The predicted octanol–water partition coefficient (Wildman–Crippen LogP) is 2.23. The number of aromatic nitrogens is 2. The molecule has 2 aromatic rings. The highest BCUT2D eigenvalue weighted by atomic mass is 19.1. The number of urea groups is 1. The minimum absolute atomic E-state index is 0.0785. The lowest BCUT2D eigenvalue weighted by Crippen LogP contribution is -2.42. The second-order valence-electron chi connectivity index (χ2n) is 8.07. The molecule has 3 amide bonds. The summed E-state index contributed by atoms with van der Waals surface area (Å²) in [5.41, 5.74) is 0.790. The van der Waals surface area contributed by atoms with E-state index in [4.69, 9.17) is 0 Å². The van der Waals surface area contributed by atoms with E-state index >= 15 is 0 Å². The molecule has 0 aliphatic carbocycles. The Balaban J connectivity index is 1.51. The van der Waals surface area contributed by atoms with Gasteiger partial charge in [-0.25, -0.2) is 9.18 Å². The molecular formula is C21H26FN5O2. The van der Waals surface area contributed by atoms with E-state index in [1.807, 2.05) is 28.1 Å². The van der Waals surface area contributed by atoms with Gasteiger partial charge < -0.3 is 14.7 Å². The standard InChI is InChI=1S/C21H26FN5O2/c1-24(2)21(29)27-13-16-12-25(19(28)7-10-26-9-4-8-23-26)14-18(16)20(27)15-5-3-6-17(22)11-15/h3-6,8-9,11,16,18,20H,7,10,12-14H2,1-2H3/t16-,18-,20-/m1/s1. The molecule has 7 nitrogen and oxygen atoms in total. The van der Waals surface area contributed by atoms with Crippen molar-refractivity contribution in [3.63, 3.8) is 0 Å². The van der Waals surface area contributed by atoms with Crippen molar-refractivity contribution in [3.8, 4) is 0 Å². The number of hydrogen-bond acceptors (Lipinski definition) is 3. The molecule has 8 heteroatoms. The molecule has 154 valence electrons. The van der Waals surface area contributed by atoms with E-state index < -0.39 is 0 Å². The maximum absolute atomic E-state index is 13.9. The van der Waals surface area contributed by atoms with Crippen LogP contribution < -0.4 is 0 Å². The molecule has 0 N–H and O–H groups in total. The van der Waals surface area contributed by atoms with Gasteiger partial charge >= 0.3 is 6.03 Å². The zero-order chi connectivity index (χ0) is 20.5. The van der Waals surface area contributed by atoms with E-state index in [1.165, 1.54) is 12.1 Å². The summed E-state index contributed by atoms with van der Waals surface area (Å²) in [6, 6.07) is 8.00. The molecule has 2 saturated heterocycles. The first kappa shape index (κ1) is 19.4. The lowest BCUT2D eigenvalue weighted by molar-refractivity contribution is -0.130. The molecule has 1 aromatic heterocycles. The van der Waals surface area contributed by atoms with E-state index in [0.717, 1.165) is 5.56 Å². The summed E-state index contributed by atoms with van der Waals surface area (Å²) in [6.07, 6.45) is 3.94. The summed E-state index contributed by atoms with van der Waals surface area (Å²) in [4.78, 5) is 30.8. The fraction of sp³-hybridized carbons (Fsp3) is 0.476. The number of hydrogen-bond donors (Lipinski definition) is 0. The summed E-state index contributed by atoms with van der Waals surface area (Å²) < 4.78 is 15.7. The van der Waals surface area contributed by atoms with Crippen molar-refractivity contribution in [3.05, 3.63) is 54.1 Å². The first-order valence-electron chi connectivity index (χ1n) is 9.92. The minimum Gasteiger partial charge on any atom is -0.342 e. The van der Waals surface area contributed by atoms with Crippen LogP contribution in [0.25, 0.3) is 0 Å². The zero-order valence-electron chi connectivity index (χ0n) is 16.7. The summed E-state index contributed by atoms with van der Waals surface area (Å²) >= 11 is 0. The van der Waals surface area contributed by atoms with Crippen LogP contribution in [0.2, 0.25) is 0 Å². The topological polar surface area (TPSA) is 61.7 Å². The Hall–Kier alpha value is -2.90. The highest BCUT2D eigenvalue weighted by Crippen LogP contribution is 2.45. The van der Waals surface area contributed by atoms with Crippen LogP contribution in [0.15, 0.2) is 42.7 Å². The lowest BCUT2D eigenvalue weighted by Gasteiger charge is -2.32. The number of carbonyl (C=O) groups excluding carboxylic acids is 2. The third-order valence-corrected chi connectivity index (χ3v) is 5.95. The second-order valence-corrected chi connectivity index (χ2v) is 8.07. The number of rotatable bonds is 4. The van der Waals surface area contributed by atoms with Gasteiger partial charge in [0.15, 0.2) is 0 Å². The molecular weight excluding hydrogens is 373 g/mol. The van der Waals surface area contributed by atoms with Gasteiger partial charge in [-0.2, -0.15) is 5.10 Å². The van der Waals surface area contributed by atoms with Gasteiger partial charge in [0.1, 0.15) is 5.82 Å². The number of benzene rings is 1. The molecule has 0 saturated carbocycles.